The number of imide groups is 1. The number of hydrogen-bond donors (Lipinski definition) is 2. The Kier molecular flexibility index (Phi) is 2.13. The zero-order chi connectivity index (χ0) is 11.2. The Balaban J connectivity index is 2.18. The third-order valence-corrected chi connectivity index (χ3v) is 3.14. The van der Waals surface area contributed by atoms with Gasteiger partial charge in [0.15, 0.2) is 5.96 Å². The van der Waals surface area contributed by atoms with E-state index in [0.717, 1.165) is 0 Å². The third kappa shape index (κ3) is 1.28. The molecule has 0 aromatic rings. The van der Waals surface area contributed by atoms with Crippen LogP contribution in [-0.2, 0) is 9.59 Å². The molecule has 2 saturated heterocycles. The number of carbonyl (C=O) groups excluding carboxylic acids is 2. The van der Waals surface area contributed by atoms with Gasteiger partial charge in [-0.15, -0.1) is 0 Å². The van der Waals surface area contributed by atoms with Crippen molar-refractivity contribution in [3.63, 3.8) is 0 Å². The maximum Gasteiger partial charge on any atom is 0.234 e. The number of fused-ring (bicyclic) bond motifs is 1. The topological polar surface area (TPSA) is 90.5 Å². The van der Waals surface area contributed by atoms with Gasteiger partial charge in [-0.25, -0.2) is 0 Å². The smallest absolute Gasteiger partial charge is 0.234 e. The van der Waals surface area contributed by atoms with Crippen LogP contribution >= 0.6 is 0 Å². The summed E-state index contributed by atoms with van der Waals surface area (Å²) in [5.74, 6) is -0.872. The Morgan fingerprint density at radius 2 is 1.87 bits per heavy atom. The summed E-state index contributed by atoms with van der Waals surface area (Å²) < 4.78 is 0. The van der Waals surface area contributed by atoms with Gasteiger partial charge in [0.1, 0.15) is 0 Å². The number of amides is 2. The van der Waals surface area contributed by atoms with Crippen LogP contribution in [0.4, 0.5) is 0 Å². The maximum atomic E-state index is 11.8. The van der Waals surface area contributed by atoms with Crippen molar-refractivity contribution < 1.29 is 9.59 Å². The van der Waals surface area contributed by atoms with Crippen molar-refractivity contribution in [3.8, 4) is 0 Å². The first-order chi connectivity index (χ1) is 7.06. The van der Waals surface area contributed by atoms with Crippen molar-refractivity contribution in [1.82, 2.24) is 9.80 Å². The molecule has 6 heteroatoms. The molecule has 2 heterocycles. The number of nitrogens with one attached hydrogen (secondary N) is 1. The Labute approximate surface area is 87.5 Å². The van der Waals surface area contributed by atoms with Crippen molar-refractivity contribution in [2.24, 2.45) is 17.6 Å². The van der Waals surface area contributed by atoms with Crippen LogP contribution in [0.15, 0.2) is 0 Å². The number of nitrogens with two attached hydrogens (primary N) is 1. The van der Waals surface area contributed by atoms with Crippen LogP contribution < -0.4 is 5.73 Å². The number of nitrogens with zero attached hydrogens (tertiary/aromatic N) is 2. The lowest BCUT2D eigenvalue weighted by atomic mass is 10.00. The SMILES string of the molecule is CCN1C(=O)C2CN(C(=N)N)CC2C1=O. The summed E-state index contributed by atoms with van der Waals surface area (Å²) in [6.07, 6.45) is 0. The first kappa shape index (κ1) is 9.95. The maximum absolute atomic E-state index is 11.8. The summed E-state index contributed by atoms with van der Waals surface area (Å²) in [6.45, 7) is 3.03. The van der Waals surface area contributed by atoms with Crippen molar-refractivity contribution in [2.75, 3.05) is 19.6 Å². The number of carbonyl (C=O) groups is 2. The van der Waals surface area contributed by atoms with Gasteiger partial charge in [-0.3, -0.25) is 19.9 Å². The molecule has 2 aliphatic rings. The van der Waals surface area contributed by atoms with Gasteiger partial charge in [0.25, 0.3) is 0 Å². The molecule has 15 heavy (non-hydrogen) atoms. The van der Waals surface area contributed by atoms with E-state index >= 15 is 0 Å². The number of likely N-dealkylation sites (tertiary alicyclic amines) is 2. The van der Waals surface area contributed by atoms with Crippen LogP contribution in [-0.4, -0.2) is 47.2 Å². The van der Waals surface area contributed by atoms with Crippen molar-refractivity contribution in [1.29, 1.82) is 5.41 Å². The molecule has 2 amide bonds. The fraction of sp³-hybridized carbons (Fsp3) is 0.667. The second-order valence-electron chi connectivity index (χ2n) is 3.92. The average Bonchev–Trinajstić information content (AvgIpc) is 2.69. The molecule has 3 N–H and O–H groups in total. The van der Waals surface area contributed by atoms with E-state index in [1.807, 2.05) is 0 Å². The Hall–Kier alpha value is -1.59. The van der Waals surface area contributed by atoms with Crippen molar-refractivity contribution >= 4 is 17.8 Å². The summed E-state index contributed by atoms with van der Waals surface area (Å²) in [5.41, 5.74) is 5.33. The molecule has 6 nitrogen and oxygen atoms in total. The first-order valence-corrected chi connectivity index (χ1v) is 5.00. The fourth-order valence-corrected chi connectivity index (χ4v) is 2.32. The minimum atomic E-state index is -0.290. The predicted molar refractivity (Wildman–Crippen MR) is 52.9 cm³/mol. The second kappa shape index (κ2) is 3.22. The van der Waals surface area contributed by atoms with Gasteiger partial charge < -0.3 is 10.6 Å². The molecule has 0 aliphatic carbocycles. The van der Waals surface area contributed by atoms with E-state index in [-0.39, 0.29) is 29.6 Å². The molecule has 0 spiro atoms. The molecule has 2 aliphatic heterocycles. The van der Waals surface area contributed by atoms with Crippen molar-refractivity contribution in [3.05, 3.63) is 0 Å². The first-order valence-electron chi connectivity index (χ1n) is 5.00. The molecule has 0 bridgehead atoms. The summed E-state index contributed by atoms with van der Waals surface area (Å²) >= 11 is 0. The van der Waals surface area contributed by atoms with E-state index in [0.29, 0.717) is 19.6 Å². The zero-order valence-electron chi connectivity index (χ0n) is 8.56. The van der Waals surface area contributed by atoms with Crippen LogP contribution in [0.1, 0.15) is 6.92 Å². The normalized spacial score (nSPS) is 29.9. The molecule has 2 atom stereocenters. The lowest BCUT2D eigenvalue weighted by molar-refractivity contribution is -0.140. The molecule has 0 aromatic carbocycles. The fourth-order valence-electron chi connectivity index (χ4n) is 2.32. The van der Waals surface area contributed by atoms with Crippen LogP contribution in [0.2, 0.25) is 0 Å². The van der Waals surface area contributed by atoms with Gasteiger partial charge in [-0.2, -0.15) is 0 Å². The molecule has 82 valence electrons. The monoisotopic (exact) mass is 210 g/mol. The molecule has 0 saturated carbocycles. The van der Waals surface area contributed by atoms with Gasteiger partial charge in [-0.1, -0.05) is 0 Å². The van der Waals surface area contributed by atoms with Crippen LogP contribution in [0.25, 0.3) is 0 Å². The van der Waals surface area contributed by atoms with Crippen LogP contribution in [0.3, 0.4) is 0 Å². The Morgan fingerprint density at radius 1 is 1.40 bits per heavy atom. The van der Waals surface area contributed by atoms with Gasteiger partial charge >= 0.3 is 0 Å². The Morgan fingerprint density at radius 3 is 2.20 bits per heavy atom. The molecule has 0 aromatic heterocycles. The highest BCUT2D eigenvalue weighted by molar-refractivity contribution is 6.06. The van der Waals surface area contributed by atoms with E-state index in [9.17, 15) is 9.59 Å². The minimum absolute atomic E-state index is 0.0620. The molecule has 0 radical (unpaired) electrons. The van der Waals surface area contributed by atoms with Crippen LogP contribution in [0, 0.1) is 17.2 Å². The average molecular weight is 210 g/mol. The van der Waals surface area contributed by atoms with Crippen molar-refractivity contribution in [2.45, 2.75) is 6.92 Å². The Bertz CT molecular complexity index is 317. The van der Waals surface area contributed by atoms with E-state index in [1.165, 1.54) is 4.90 Å². The highest BCUT2D eigenvalue weighted by Gasteiger charge is 2.52. The second-order valence-corrected chi connectivity index (χ2v) is 3.92. The van der Waals surface area contributed by atoms with Crippen LogP contribution in [0.5, 0.6) is 0 Å². The number of hydrogen-bond acceptors (Lipinski definition) is 3. The van der Waals surface area contributed by atoms with Gasteiger partial charge in [0.05, 0.1) is 11.8 Å². The largest absolute Gasteiger partial charge is 0.370 e. The molecular formula is C9H14N4O2. The van der Waals surface area contributed by atoms with Gasteiger partial charge in [0.2, 0.25) is 11.8 Å². The summed E-state index contributed by atoms with van der Waals surface area (Å²) in [6, 6.07) is 0. The summed E-state index contributed by atoms with van der Waals surface area (Å²) in [7, 11) is 0. The standard InChI is InChI=1S/C9H14N4O2/c1-2-13-7(14)5-3-12(9(10)11)4-6(5)8(13)15/h5-6H,2-4H2,1H3,(H3,10,11). The molecule has 2 fully saturated rings. The van der Waals surface area contributed by atoms with E-state index < -0.39 is 0 Å². The molecule has 2 rings (SSSR count). The van der Waals surface area contributed by atoms with E-state index in [4.69, 9.17) is 11.1 Å². The van der Waals surface area contributed by atoms with Gasteiger partial charge in [0, 0.05) is 19.6 Å². The quantitative estimate of drug-likeness (QED) is 0.324. The highest BCUT2D eigenvalue weighted by Crippen LogP contribution is 2.32. The lowest BCUT2D eigenvalue weighted by Gasteiger charge is -2.19. The highest BCUT2D eigenvalue weighted by atomic mass is 16.2. The van der Waals surface area contributed by atoms with Gasteiger partial charge in [-0.05, 0) is 6.92 Å². The molecular weight excluding hydrogens is 196 g/mol. The summed E-state index contributed by atoms with van der Waals surface area (Å²) in [5, 5.41) is 7.27. The third-order valence-electron chi connectivity index (χ3n) is 3.14. The number of rotatable bonds is 1. The lowest BCUT2D eigenvalue weighted by Crippen LogP contribution is -2.40. The zero-order valence-corrected chi connectivity index (χ0v) is 8.56. The predicted octanol–water partition coefficient (Wildman–Crippen LogP) is -1.18. The minimum Gasteiger partial charge on any atom is -0.370 e. The molecule has 2 unspecified atom stereocenters. The van der Waals surface area contributed by atoms with E-state index in [1.54, 1.807) is 11.8 Å². The summed E-state index contributed by atoms with van der Waals surface area (Å²) in [4.78, 5) is 26.4. The number of guanidine groups is 1. The van der Waals surface area contributed by atoms with E-state index in [2.05, 4.69) is 0 Å².